The average Bonchev–Trinajstić information content (AvgIpc) is 3.04. The fourth-order valence-corrected chi connectivity index (χ4v) is 6.22. The van der Waals surface area contributed by atoms with Crippen LogP contribution in [0, 0.1) is 5.92 Å². The fraction of sp³-hybridized carbons (Fsp3) is 0.333. The minimum atomic E-state index is -0.412. The molecule has 1 N–H and O–H groups in total. The molecule has 2 aliphatic rings. The zero-order valence-corrected chi connectivity index (χ0v) is 18.9. The first kappa shape index (κ1) is 21.0. The van der Waals surface area contributed by atoms with Gasteiger partial charge >= 0.3 is 0 Å². The maximum Gasteiger partial charge on any atom is 0.0819 e. The molecule has 160 valence electrons. The molecule has 2 aliphatic heterocycles. The number of hydrogen-bond donors (Lipinski definition) is 1. The summed E-state index contributed by atoms with van der Waals surface area (Å²) in [6, 6.07) is 27.2. The van der Waals surface area contributed by atoms with Gasteiger partial charge < -0.3 is 5.11 Å². The SMILES string of the molecule is OC(c1ccccc1)C1CC2CCC(C1)N2C(c1ccccc1Cl)c1ccccc1Cl. The Morgan fingerprint density at radius 1 is 0.710 bits per heavy atom. The van der Waals surface area contributed by atoms with E-state index in [0.29, 0.717) is 12.1 Å². The van der Waals surface area contributed by atoms with E-state index in [2.05, 4.69) is 29.2 Å². The van der Waals surface area contributed by atoms with Crippen LogP contribution in [0.5, 0.6) is 0 Å². The Balaban J connectivity index is 1.49. The molecule has 5 rings (SSSR count). The van der Waals surface area contributed by atoms with Crippen molar-refractivity contribution in [1.29, 1.82) is 0 Å². The molecule has 0 radical (unpaired) electrons. The predicted molar refractivity (Wildman–Crippen MR) is 128 cm³/mol. The predicted octanol–water partition coefficient (Wildman–Crippen LogP) is 7.06. The van der Waals surface area contributed by atoms with E-state index in [9.17, 15) is 5.11 Å². The normalized spacial score (nSPS) is 24.5. The minimum Gasteiger partial charge on any atom is -0.388 e. The van der Waals surface area contributed by atoms with Crippen LogP contribution in [0.25, 0.3) is 0 Å². The van der Waals surface area contributed by atoms with Crippen LogP contribution < -0.4 is 0 Å². The van der Waals surface area contributed by atoms with Gasteiger partial charge in [-0.05, 0) is 60.4 Å². The van der Waals surface area contributed by atoms with Crippen molar-refractivity contribution in [3.63, 3.8) is 0 Å². The second-order valence-corrected chi connectivity index (χ2v) is 9.68. The van der Waals surface area contributed by atoms with Crippen molar-refractivity contribution in [1.82, 2.24) is 4.90 Å². The smallest absolute Gasteiger partial charge is 0.0819 e. The van der Waals surface area contributed by atoms with Crippen molar-refractivity contribution >= 4 is 23.2 Å². The molecular weight excluding hydrogens is 425 g/mol. The van der Waals surface area contributed by atoms with Gasteiger partial charge in [0.2, 0.25) is 0 Å². The van der Waals surface area contributed by atoms with Crippen LogP contribution >= 0.6 is 23.2 Å². The molecule has 2 nitrogen and oxygen atoms in total. The molecule has 4 heteroatoms. The summed E-state index contributed by atoms with van der Waals surface area (Å²) in [6.07, 6.45) is 3.85. The Morgan fingerprint density at radius 3 is 1.71 bits per heavy atom. The molecule has 2 heterocycles. The van der Waals surface area contributed by atoms with E-state index >= 15 is 0 Å². The van der Waals surface area contributed by atoms with Crippen LogP contribution in [0.1, 0.15) is 54.5 Å². The lowest BCUT2D eigenvalue weighted by atomic mass is 9.81. The summed E-state index contributed by atoms with van der Waals surface area (Å²) in [5.74, 6) is 0.272. The van der Waals surface area contributed by atoms with Gasteiger partial charge in [-0.25, -0.2) is 0 Å². The van der Waals surface area contributed by atoms with Crippen LogP contribution in [0.4, 0.5) is 0 Å². The van der Waals surface area contributed by atoms with E-state index in [-0.39, 0.29) is 12.0 Å². The number of aliphatic hydroxyl groups excluding tert-OH is 1. The molecule has 3 atom stereocenters. The van der Waals surface area contributed by atoms with E-state index in [0.717, 1.165) is 52.4 Å². The zero-order chi connectivity index (χ0) is 21.4. The second-order valence-electron chi connectivity index (χ2n) is 8.86. The van der Waals surface area contributed by atoms with Crippen LogP contribution in [0.3, 0.4) is 0 Å². The maximum atomic E-state index is 11.1. The number of halogens is 2. The summed E-state index contributed by atoms with van der Waals surface area (Å²) < 4.78 is 0. The number of benzene rings is 3. The van der Waals surface area contributed by atoms with Crippen LogP contribution in [0.2, 0.25) is 10.0 Å². The third-order valence-corrected chi connectivity index (χ3v) is 7.80. The maximum absolute atomic E-state index is 11.1. The molecule has 0 amide bonds. The lowest BCUT2D eigenvalue weighted by Crippen LogP contribution is -2.46. The van der Waals surface area contributed by atoms with Crippen molar-refractivity contribution < 1.29 is 5.11 Å². The Labute approximate surface area is 194 Å². The van der Waals surface area contributed by atoms with E-state index in [1.54, 1.807) is 0 Å². The number of nitrogens with zero attached hydrogens (tertiary/aromatic N) is 1. The standard InChI is InChI=1S/C27H27Cl2NO/c28-24-12-6-4-10-22(24)26(23-11-5-7-13-25(23)29)30-20-14-15-21(30)17-19(16-20)27(31)18-8-2-1-3-9-18/h1-13,19-21,26-27,31H,14-17H2. The fourth-order valence-electron chi connectivity index (χ4n) is 5.74. The monoisotopic (exact) mass is 451 g/mol. The van der Waals surface area contributed by atoms with Gasteiger partial charge in [0.05, 0.1) is 12.1 Å². The molecule has 31 heavy (non-hydrogen) atoms. The second kappa shape index (κ2) is 8.96. The zero-order valence-electron chi connectivity index (χ0n) is 17.4. The molecule has 0 spiro atoms. The van der Waals surface area contributed by atoms with Crippen molar-refractivity contribution in [2.45, 2.75) is 49.9 Å². The van der Waals surface area contributed by atoms with Crippen molar-refractivity contribution in [3.05, 3.63) is 106 Å². The van der Waals surface area contributed by atoms with E-state index < -0.39 is 6.10 Å². The topological polar surface area (TPSA) is 23.5 Å². The third kappa shape index (κ3) is 4.03. The van der Waals surface area contributed by atoms with Gasteiger partial charge in [0.1, 0.15) is 0 Å². The third-order valence-electron chi connectivity index (χ3n) is 7.11. The van der Waals surface area contributed by atoms with E-state index in [1.807, 2.05) is 54.6 Å². The first-order valence-corrected chi connectivity index (χ1v) is 11.9. The summed E-state index contributed by atoms with van der Waals surface area (Å²) in [5.41, 5.74) is 3.24. The molecule has 2 fully saturated rings. The lowest BCUT2D eigenvalue weighted by molar-refractivity contribution is 0.0113. The number of piperidine rings is 1. The van der Waals surface area contributed by atoms with Gasteiger partial charge in [0, 0.05) is 22.1 Å². The largest absolute Gasteiger partial charge is 0.388 e. The number of fused-ring (bicyclic) bond motifs is 2. The van der Waals surface area contributed by atoms with Gasteiger partial charge in [0.15, 0.2) is 0 Å². The number of rotatable bonds is 5. The Kier molecular flexibility index (Phi) is 6.08. The number of hydrogen-bond acceptors (Lipinski definition) is 2. The molecule has 0 saturated carbocycles. The summed E-state index contributed by atoms with van der Waals surface area (Å²) >= 11 is 13.4. The summed E-state index contributed by atoms with van der Waals surface area (Å²) in [6.45, 7) is 0. The van der Waals surface area contributed by atoms with E-state index in [1.165, 1.54) is 0 Å². The van der Waals surface area contributed by atoms with Crippen molar-refractivity contribution in [2.75, 3.05) is 0 Å². The molecule has 0 aromatic heterocycles. The quantitative estimate of drug-likeness (QED) is 0.448. The lowest BCUT2D eigenvalue weighted by Gasteiger charge is -2.45. The number of aliphatic hydroxyl groups is 1. The summed E-state index contributed by atoms with van der Waals surface area (Å²) in [4.78, 5) is 2.64. The first-order chi connectivity index (χ1) is 15.1. The van der Waals surface area contributed by atoms with Crippen LogP contribution in [0.15, 0.2) is 78.9 Å². The van der Waals surface area contributed by atoms with Crippen LogP contribution in [-0.4, -0.2) is 22.1 Å². The summed E-state index contributed by atoms with van der Waals surface area (Å²) in [7, 11) is 0. The molecule has 3 aromatic rings. The van der Waals surface area contributed by atoms with Gasteiger partial charge in [-0.1, -0.05) is 89.9 Å². The minimum absolute atomic E-state index is 0.0229. The molecule has 3 unspecified atom stereocenters. The first-order valence-electron chi connectivity index (χ1n) is 11.1. The van der Waals surface area contributed by atoms with Crippen molar-refractivity contribution in [3.8, 4) is 0 Å². The molecule has 2 bridgehead atoms. The van der Waals surface area contributed by atoms with Gasteiger partial charge in [-0.3, -0.25) is 4.90 Å². The van der Waals surface area contributed by atoms with Gasteiger partial charge in [-0.15, -0.1) is 0 Å². The average molecular weight is 452 g/mol. The van der Waals surface area contributed by atoms with Gasteiger partial charge in [0.25, 0.3) is 0 Å². The molecule has 2 saturated heterocycles. The van der Waals surface area contributed by atoms with Gasteiger partial charge in [-0.2, -0.15) is 0 Å². The highest BCUT2D eigenvalue weighted by Crippen LogP contribution is 2.50. The Bertz CT molecular complexity index is 981. The molecule has 0 aliphatic carbocycles. The summed E-state index contributed by atoms with van der Waals surface area (Å²) in [5, 5.41) is 12.6. The highest BCUT2D eigenvalue weighted by molar-refractivity contribution is 6.32. The molecule has 3 aromatic carbocycles. The van der Waals surface area contributed by atoms with Crippen LogP contribution in [-0.2, 0) is 0 Å². The highest BCUT2D eigenvalue weighted by atomic mass is 35.5. The highest BCUT2D eigenvalue weighted by Gasteiger charge is 2.46. The van der Waals surface area contributed by atoms with E-state index in [4.69, 9.17) is 23.2 Å². The Morgan fingerprint density at radius 2 is 1.19 bits per heavy atom. The molecular formula is C27H27Cl2NO. The Hall–Kier alpha value is -1.84. The van der Waals surface area contributed by atoms with Crippen molar-refractivity contribution in [2.24, 2.45) is 5.92 Å².